The lowest BCUT2D eigenvalue weighted by Gasteiger charge is -2.28. The molecule has 0 fully saturated rings. The summed E-state index contributed by atoms with van der Waals surface area (Å²) >= 11 is 5.83. The van der Waals surface area contributed by atoms with Crippen LogP contribution in [0.2, 0.25) is 0 Å². The van der Waals surface area contributed by atoms with Crippen LogP contribution in [0.1, 0.15) is 19.4 Å². The number of benzene rings is 1. The highest BCUT2D eigenvalue weighted by molar-refractivity contribution is 6.17. The number of anilines is 1. The fraction of sp³-hybridized carbons (Fsp3) is 0.600. The number of rotatable bonds is 7. The minimum Gasteiger partial charge on any atom is -0.370 e. The summed E-state index contributed by atoms with van der Waals surface area (Å²) in [5.41, 5.74) is 2.47. The SMILES string of the molecule is CC(C)CN(CCN(C)C)c1ccc(CCl)cc1. The summed E-state index contributed by atoms with van der Waals surface area (Å²) in [5, 5.41) is 0. The van der Waals surface area contributed by atoms with Crippen LogP contribution >= 0.6 is 11.6 Å². The van der Waals surface area contributed by atoms with Crippen LogP contribution in [0.3, 0.4) is 0 Å². The van der Waals surface area contributed by atoms with Gasteiger partial charge in [-0.25, -0.2) is 0 Å². The molecule has 0 aliphatic heterocycles. The fourth-order valence-corrected chi connectivity index (χ4v) is 2.06. The van der Waals surface area contributed by atoms with Crippen molar-refractivity contribution in [2.24, 2.45) is 5.92 Å². The van der Waals surface area contributed by atoms with Crippen molar-refractivity contribution in [2.75, 3.05) is 38.6 Å². The summed E-state index contributed by atoms with van der Waals surface area (Å²) in [4.78, 5) is 4.67. The molecule has 0 saturated carbocycles. The van der Waals surface area contributed by atoms with Crippen molar-refractivity contribution >= 4 is 17.3 Å². The molecule has 0 bridgehead atoms. The number of likely N-dealkylation sites (N-methyl/N-ethyl adjacent to an activating group) is 1. The van der Waals surface area contributed by atoms with Gasteiger partial charge in [0, 0.05) is 31.2 Å². The first kappa shape index (κ1) is 15.3. The monoisotopic (exact) mass is 268 g/mol. The third-order valence-corrected chi connectivity index (χ3v) is 3.17. The number of hydrogen-bond donors (Lipinski definition) is 0. The maximum absolute atomic E-state index is 5.83. The zero-order valence-corrected chi connectivity index (χ0v) is 12.7. The molecular weight excluding hydrogens is 244 g/mol. The molecule has 0 aliphatic carbocycles. The Morgan fingerprint density at radius 1 is 1.06 bits per heavy atom. The Morgan fingerprint density at radius 2 is 1.67 bits per heavy atom. The minimum absolute atomic E-state index is 0.585. The van der Waals surface area contributed by atoms with Crippen LogP contribution in [0.5, 0.6) is 0 Å². The van der Waals surface area contributed by atoms with E-state index in [1.165, 1.54) is 11.3 Å². The largest absolute Gasteiger partial charge is 0.370 e. The molecule has 0 aliphatic rings. The zero-order chi connectivity index (χ0) is 13.5. The second kappa shape index (κ2) is 7.65. The van der Waals surface area contributed by atoms with Gasteiger partial charge in [0.15, 0.2) is 0 Å². The van der Waals surface area contributed by atoms with Crippen molar-refractivity contribution in [2.45, 2.75) is 19.7 Å². The van der Waals surface area contributed by atoms with Crippen LogP contribution in [-0.2, 0) is 5.88 Å². The first-order chi connectivity index (χ1) is 8.52. The summed E-state index contributed by atoms with van der Waals surface area (Å²) in [6.07, 6.45) is 0. The Labute approximate surface area is 117 Å². The molecule has 0 unspecified atom stereocenters. The molecule has 18 heavy (non-hydrogen) atoms. The Morgan fingerprint density at radius 3 is 2.11 bits per heavy atom. The van der Waals surface area contributed by atoms with Gasteiger partial charge < -0.3 is 9.80 Å². The van der Waals surface area contributed by atoms with Gasteiger partial charge in [-0.1, -0.05) is 26.0 Å². The highest BCUT2D eigenvalue weighted by Gasteiger charge is 2.08. The molecule has 0 radical (unpaired) electrons. The molecule has 1 aromatic carbocycles. The smallest absolute Gasteiger partial charge is 0.0474 e. The molecular formula is C15H25ClN2. The van der Waals surface area contributed by atoms with Crippen LogP contribution in [0.15, 0.2) is 24.3 Å². The van der Waals surface area contributed by atoms with Gasteiger partial charge in [0.05, 0.1) is 0 Å². The van der Waals surface area contributed by atoms with E-state index in [0.717, 1.165) is 19.6 Å². The minimum atomic E-state index is 0.585. The van der Waals surface area contributed by atoms with Gasteiger partial charge >= 0.3 is 0 Å². The summed E-state index contributed by atoms with van der Waals surface area (Å²) < 4.78 is 0. The average Bonchev–Trinajstić information content (AvgIpc) is 2.34. The van der Waals surface area contributed by atoms with Crippen LogP contribution in [0, 0.1) is 5.92 Å². The average molecular weight is 269 g/mol. The maximum atomic E-state index is 5.83. The van der Waals surface area contributed by atoms with Gasteiger partial charge in [-0.3, -0.25) is 0 Å². The van der Waals surface area contributed by atoms with Crippen molar-refractivity contribution in [1.82, 2.24) is 4.90 Å². The van der Waals surface area contributed by atoms with Crippen LogP contribution in [0.25, 0.3) is 0 Å². The number of hydrogen-bond acceptors (Lipinski definition) is 2. The van der Waals surface area contributed by atoms with E-state index >= 15 is 0 Å². The van der Waals surface area contributed by atoms with E-state index in [1.54, 1.807) is 0 Å². The Balaban J connectivity index is 2.73. The van der Waals surface area contributed by atoms with E-state index in [0.29, 0.717) is 11.8 Å². The Kier molecular flexibility index (Phi) is 6.51. The highest BCUT2D eigenvalue weighted by Crippen LogP contribution is 2.17. The topological polar surface area (TPSA) is 6.48 Å². The second-order valence-electron chi connectivity index (χ2n) is 5.44. The molecule has 0 aromatic heterocycles. The van der Waals surface area contributed by atoms with E-state index in [9.17, 15) is 0 Å². The molecule has 102 valence electrons. The second-order valence-corrected chi connectivity index (χ2v) is 5.71. The summed E-state index contributed by atoms with van der Waals surface area (Å²) in [7, 11) is 4.23. The van der Waals surface area contributed by atoms with Gasteiger partial charge in [-0.05, 0) is 37.7 Å². The van der Waals surface area contributed by atoms with Crippen molar-refractivity contribution < 1.29 is 0 Å². The Hall–Kier alpha value is -0.730. The van der Waals surface area contributed by atoms with Crippen molar-refractivity contribution in [3.8, 4) is 0 Å². The van der Waals surface area contributed by atoms with Crippen LogP contribution in [-0.4, -0.2) is 38.6 Å². The van der Waals surface area contributed by atoms with Crippen molar-refractivity contribution in [3.05, 3.63) is 29.8 Å². The Bertz CT molecular complexity index is 333. The van der Waals surface area contributed by atoms with Crippen LogP contribution < -0.4 is 4.90 Å². The predicted octanol–water partition coefficient (Wildman–Crippen LogP) is 3.45. The van der Waals surface area contributed by atoms with E-state index in [1.807, 2.05) is 0 Å². The standard InChI is InChI=1S/C15H25ClN2/c1-13(2)12-18(10-9-17(3)4)15-7-5-14(11-16)6-8-15/h5-8,13H,9-12H2,1-4H3. The molecule has 1 rings (SSSR count). The van der Waals surface area contributed by atoms with Crippen molar-refractivity contribution in [3.63, 3.8) is 0 Å². The summed E-state index contributed by atoms with van der Waals surface area (Å²) in [6.45, 7) is 7.75. The number of alkyl halides is 1. The molecule has 1 aromatic rings. The molecule has 0 amide bonds. The molecule has 2 nitrogen and oxygen atoms in total. The molecule has 0 saturated heterocycles. The number of nitrogens with zero attached hydrogens (tertiary/aromatic N) is 2. The number of halogens is 1. The quantitative estimate of drug-likeness (QED) is 0.699. The van der Waals surface area contributed by atoms with E-state index < -0.39 is 0 Å². The predicted molar refractivity (Wildman–Crippen MR) is 81.6 cm³/mol. The van der Waals surface area contributed by atoms with E-state index in [4.69, 9.17) is 11.6 Å². The zero-order valence-electron chi connectivity index (χ0n) is 12.0. The van der Waals surface area contributed by atoms with Gasteiger partial charge in [-0.2, -0.15) is 0 Å². The molecule has 0 atom stereocenters. The lowest BCUT2D eigenvalue weighted by molar-refractivity contribution is 0.409. The first-order valence-electron chi connectivity index (χ1n) is 6.57. The summed E-state index contributed by atoms with van der Waals surface area (Å²) in [6, 6.07) is 8.59. The fourth-order valence-electron chi connectivity index (χ4n) is 1.88. The molecule has 0 N–H and O–H groups in total. The van der Waals surface area contributed by atoms with Gasteiger partial charge in [0.2, 0.25) is 0 Å². The third-order valence-electron chi connectivity index (χ3n) is 2.86. The molecule has 0 heterocycles. The van der Waals surface area contributed by atoms with E-state index in [-0.39, 0.29) is 0 Å². The highest BCUT2D eigenvalue weighted by atomic mass is 35.5. The lowest BCUT2D eigenvalue weighted by Crippen LogP contribution is -2.34. The normalized spacial score (nSPS) is 11.3. The summed E-state index contributed by atoms with van der Waals surface area (Å²) in [5.74, 6) is 1.25. The van der Waals surface area contributed by atoms with Crippen LogP contribution in [0.4, 0.5) is 5.69 Å². The molecule has 0 spiro atoms. The van der Waals surface area contributed by atoms with Crippen molar-refractivity contribution in [1.29, 1.82) is 0 Å². The van der Waals surface area contributed by atoms with Gasteiger partial charge in [0.25, 0.3) is 0 Å². The molecule has 3 heteroatoms. The lowest BCUT2D eigenvalue weighted by atomic mass is 10.1. The third kappa shape index (κ3) is 5.28. The maximum Gasteiger partial charge on any atom is 0.0474 e. The van der Waals surface area contributed by atoms with Gasteiger partial charge in [0.1, 0.15) is 0 Å². The first-order valence-corrected chi connectivity index (χ1v) is 7.11. The van der Waals surface area contributed by atoms with Gasteiger partial charge in [-0.15, -0.1) is 11.6 Å². The van der Waals surface area contributed by atoms with E-state index in [2.05, 4.69) is 62.0 Å².